The fourth-order valence-corrected chi connectivity index (χ4v) is 6.80. The highest BCUT2D eigenvalue weighted by Gasteiger charge is 2.19. The van der Waals surface area contributed by atoms with Gasteiger partial charge in [0.25, 0.3) is 0 Å². The SMILES string of the molecule is C=C1C/C=C/C=C\C(=C(/C)OCOc2ccc(N)cc2)Cc2cccc(c2OCCOCC)Cc2cccc(c2OCOc2ccc(N)cc2)CC(C)=C1OCCCCC. The fraction of sp³-hybridized carbons (Fsp3) is 0.333. The lowest BCUT2D eigenvalue weighted by Gasteiger charge is -2.21. The van der Waals surface area contributed by atoms with Crippen molar-refractivity contribution in [2.45, 2.75) is 72.6 Å². The molecule has 4 aromatic carbocycles. The zero-order valence-electron chi connectivity index (χ0n) is 35.8. The van der Waals surface area contributed by atoms with Crippen molar-refractivity contribution in [3.05, 3.63) is 166 Å². The second-order valence-corrected chi connectivity index (χ2v) is 14.7. The van der Waals surface area contributed by atoms with Crippen LogP contribution in [0.4, 0.5) is 11.4 Å². The van der Waals surface area contributed by atoms with E-state index in [1.165, 1.54) is 0 Å². The number of benzene rings is 4. The summed E-state index contributed by atoms with van der Waals surface area (Å²) in [6, 6.07) is 27.1. The minimum absolute atomic E-state index is 0.00807. The first-order chi connectivity index (χ1) is 29.2. The van der Waals surface area contributed by atoms with Crippen molar-refractivity contribution < 1.29 is 33.2 Å². The summed E-state index contributed by atoms with van der Waals surface area (Å²) in [7, 11) is 0. The Balaban J connectivity index is 1.57. The molecular weight excluding hydrogens is 753 g/mol. The normalized spacial score (nSPS) is 15.3. The van der Waals surface area contributed by atoms with E-state index in [1.807, 2.05) is 62.4 Å². The first-order valence-electron chi connectivity index (χ1n) is 20.9. The van der Waals surface area contributed by atoms with Gasteiger partial charge in [0.1, 0.15) is 41.1 Å². The maximum Gasteiger partial charge on any atom is 0.230 e. The number of hydrogen-bond acceptors (Lipinski definition) is 9. The molecule has 1 aliphatic rings. The van der Waals surface area contributed by atoms with Crippen molar-refractivity contribution in [1.82, 2.24) is 0 Å². The molecule has 9 heteroatoms. The van der Waals surface area contributed by atoms with E-state index < -0.39 is 0 Å². The van der Waals surface area contributed by atoms with E-state index in [0.717, 1.165) is 81.3 Å². The maximum atomic E-state index is 6.62. The van der Waals surface area contributed by atoms with Gasteiger partial charge in [-0.1, -0.05) is 87.0 Å². The largest absolute Gasteiger partial charge is 0.493 e. The van der Waals surface area contributed by atoms with Crippen LogP contribution >= 0.6 is 0 Å². The zero-order valence-corrected chi connectivity index (χ0v) is 35.8. The van der Waals surface area contributed by atoms with E-state index in [9.17, 15) is 0 Å². The van der Waals surface area contributed by atoms with Crippen LogP contribution in [0.15, 0.2) is 144 Å². The van der Waals surface area contributed by atoms with E-state index in [-0.39, 0.29) is 13.6 Å². The number of anilines is 2. The van der Waals surface area contributed by atoms with Gasteiger partial charge in [-0.15, -0.1) is 0 Å². The Kier molecular flexibility index (Phi) is 18.1. The lowest BCUT2D eigenvalue weighted by Crippen LogP contribution is -2.12. The van der Waals surface area contributed by atoms with E-state index >= 15 is 0 Å². The Morgan fingerprint density at radius 1 is 0.633 bits per heavy atom. The van der Waals surface area contributed by atoms with E-state index in [0.29, 0.717) is 75.0 Å². The molecule has 5 rings (SSSR count). The Morgan fingerprint density at radius 2 is 1.23 bits per heavy atom. The molecule has 0 heterocycles. The molecule has 4 aromatic rings. The number of nitrogen functional groups attached to an aromatic ring is 2. The first-order valence-corrected chi connectivity index (χ1v) is 20.9. The van der Waals surface area contributed by atoms with Gasteiger partial charge in [-0.2, -0.15) is 0 Å². The van der Waals surface area contributed by atoms with Crippen molar-refractivity contribution in [3.63, 3.8) is 0 Å². The van der Waals surface area contributed by atoms with Gasteiger partial charge in [0.15, 0.2) is 0 Å². The molecule has 0 amide bonds. The lowest BCUT2D eigenvalue weighted by atomic mass is 9.94. The van der Waals surface area contributed by atoms with Crippen LogP contribution in [0, 0.1) is 0 Å². The summed E-state index contributed by atoms with van der Waals surface area (Å²) in [6.07, 6.45) is 13.8. The van der Waals surface area contributed by atoms with Crippen LogP contribution in [-0.4, -0.2) is 40.0 Å². The molecule has 0 saturated carbocycles. The minimum Gasteiger partial charge on any atom is -0.493 e. The van der Waals surface area contributed by atoms with Crippen LogP contribution in [0.25, 0.3) is 0 Å². The number of ether oxygens (including phenoxy) is 7. The van der Waals surface area contributed by atoms with Gasteiger partial charge < -0.3 is 44.6 Å². The van der Waals surface area contributed by atoms with Crippen molar-refractivity contribution >= 4 is 11.4 Å². The summed E-state index contributed by atoms with van der Waals surface area (Å²) in [5.74, 6) is 4.45. The summed E-state index contributed by atoms with van der Waals surface area (Å²) in [5, 5.41) is 0. The Labute approximate surface area is 356 Å². The number of nitrogens with two attached hydrogens (primary N) is 2. The third kappa shape index (κ3) is 14.1. The van der Waals surface area contributed by atoms with E-state index in [2.05, 4.69) is 69.0 Å². The Morgan fingerprint density at radius 3 is 1.87 bits per heavy atom. The van der Waals surface area contributed by atoms with Crippen LogP contribution in [0.3, 0.4) is 0 Å². The van der Waals surface area contributed by atoms with E-state index in [4.69, 9.17) is 44.6 Å². The fourth-order valence-electron chi connectivity index (χ4n) is 6.80. The molecule has 9 nitrogen and oxygen atoms in total. The highest BCUT2D eigenvalue weighted by Crippen LogP contribution is 2.35. The maximum absolute atomic E-state index is 6.62. The molecule has 318 valence electrons. The molecule has 0 atom stereocenters. The highest BCUT2D eigenvalue weighted by molar-refractivity contribution is 5.52. The molecule has 0 unspecified atom stereocenters. The van der Waals surface area contributed by atoms with Gasteiger partial charge in [0.2, 0.25) is 13.6 Å². The summed E-state index contributed by atoms with van der Waals surface area (Å²) in [4.78, 5) is 0. The van der Waals surface area contributed by atoms with Crippen LogP contribution in [0.2, 0.25) is 0 Å². The molecule has 0 radical (unpaired) electrons. The first kappa shape index (κ1) is 45.0. The molecule has 0 aromatic heterocycles. The number of hydrogen-bond donors (Lipinski definition) is 2. The van der Waals surface area contributed by atoms with Gasteiger partial charge in [-0.05, 0) is 121 Å². The second kappa shape index (κ2) is 24.1. The molecule has 0 fully saturated rings. The van der Waals surface area contributed by atoms with Gasteiger partial charge in [0, 0.05) is 37.2 Å². The summed E-state index contributed by atoms with van der Waals surface area (Å²) in [5.41, 5.74) is 20.1. The van der Waals surface area contributed by atoms with Gasteiger partial charge in [0.05, 0.1) is 13.2 Å². The van der Waals surface area contributed by atoms with Crippen molar-refractivity contribution in [1.29, 1.82) is 0 Å². The molecule has 0 spiro atoms. The van der Waals surface area contributed by atoms with E-state index in [1.54, 1.807) is 12.1 Å². The monoisotopic (exact) mass is 814 g/mol. The third-order valence-electron chi connectivity index (χ3n) is 10.0. The summed E-state index contributed by atoms with van der Waals surface area (Å²) >= 11 is 0. The van der Waals surface area contributed by atoms with Gasteiger partial charge in [-0.25, -0.2) is 0 Å². The van der Waals surface area contributed by atoms with Crippen molar-refractivity contribution in [3.8, 4) is 23.0 Å². The average Bonchev–Trinajstić information content (AvgIpc) is 3.24. The minimum atomic E-state index is 0.00807. The van der Waals surface area contributed by atoms with Gasteiger partial charge in [-0.3, -0.25) is 0 Å². The number of unbranched alkanes of at least 4 members (excludes halogenated alkanes) is 2. The lowest BCUT2D eigenvalue weighted by molar-refractivity contribution is 0.0605. The Hall–Kier alpha value is -6.06. The predicted octanol–water partition coefficient (Wildman–Crippen LogP) is 11.2. The number of allylic oxidation sites excluding steroid dienone is 8. The molecule has 4 bridgehead atoms. The van der Waals surface area contributed by atoms with Crippen molar-refractivity contribution in [2.24, 2.45) is 0 Å². The number of rotatable bonds is 18. The molecule has 0 aliphatic heterocycles. The summed E-state index contributed by atoms with van der Waals surface area (Å²) < 4.78 is 43.6. The average molecular weight is 815 g/mol. The predicted molar refractivity (Wildman–Crippen MR) is 242 cm³/mol. The highest BCUT2D eigenvalue weighted by atomic mass is 16.7. The quantitative estimate of drug-likeness (QED) is 0.0438. The van der Waals surface area contributed by atoms with Crippen LogP contribution in [0.5, 0.6) is 23.0 Å². The van der Waals surface area contributed by atoms with Crippen LogP contribution in [-0.2, 0) is 33.5 Å². The third-order valence-corrected chi connectivity index (χ3v) is 10.0. The molecule has 4 N–H and O–H groups in total. The smallest absolute Gasteiger partial charge is 0.230 e. The van der Waals surface area contributed by atoms with Gasteiger partial charge >= 0.3 is 0 Å². The molecule has 1 aliphatic carbocycles. The van der Waals surface area contributed by atoms with Crippen LogP contribution in [0.1, 0.15) is 75.6 Å². The number of fused-ring (bicyclic) bond motifs is 4. The molecule has 0 saturated heterocycles. The van der Waals surface area contributed by atoms with Crippen molar-refractivity contribution in [2.75, 3.05) is 51.5 Å². The number of para-hydroxylation sites is 2. The molecular formula is C51H62N2O7. The standard InChI is InChI=1S/C51H62N2O7/c1-6-8-12-29-55-49-37(3)15-10-9-11-16-40(39(5)57-35-58-47-25-21-45(52)22-26-47)33-42-18-14-19-43(50(42)56-31-30-54-7-2)34-44-20-13-17-41(32-38(49)4)51(44)60-36-59-48-27-23-46(53)24-28-48/h9-11,13-14,16-28H,3,6-8,12,15,29-36,52-53H2,1-2,4-5H3/b10-9+,16-11-,40-39-,49-38?. The topological polar surface area (TPSA) is 117 Å². The zero-order chi connectivity index (χ0) is 42.5. The second-order valence-electron chi connectivity index (χ2n) is 14.7. The molecule has 60 heavy (non-hydrogen) atoms. The summed E-state index contributed by atoms with van der Waals surface area (Å²) in [6.45, 7) is 14.9. The van der Waals surface area contributed by atoms with Crippen LogP contribution < -0.4 is 30.4 Å². The Bertz CT molecular complexity index is 2100.